The lowest BCUT2D eigenvalue weighted by Gasteiger charge is -2.39. The van der Waals surface area contributed by atoms with Crippen LogP contribution in [-0.4, -0.2) is 42.7 Å². The third kappa shape index (κ3) is 1.37. The van der Waals surface area contributed by atoms with Crippen LogP contribution in [0.4, 0.5) is 5.82 Å². The Labute approximate surface area is 103 Å². The first-order valence-corrected chi connectivity index (χ1v) is 5.81. The number of hydrogen-bond acceptors (Lipinski definition) is 5. The van der Waals surface area contributed by atoms with Gasteiger partial charge in [-0.2, -0.15) is 20.1 Å². The summed E-state index contributed by atoms with van der Waals surface area (Å²) >= 11 is 0. The lowest BCUT2D eigenvalue weighted by molar-refractivity contribution is 0.331. The predicted octanol–water partition coefficient (Wildman–Crippen LogP) is 0.382. The van der Waals surface area contributed by atoms with Gasteiger partial charge in [-0.3, -0.25) is 0 Å². The Hall–Kier alpha value is -2.44. The molecule has 0 atom stereocenters. The van der Waals surface area contributed by atoms with Crippen LogP contribution < -0.4 is 4.90 Å². The molecular formula is C11H11N7. The van der Waals surface area contributed by atoms with E-state index in [4.69, 9.17) is 0 Å². The second kappa shape index (κ2) is 3.52. The fourth-order valence-electron chi connectivity index (χ4n) is 2.18. The largest absolute Gasteiger partial charge is 0.352 e. The molecule has 90 valence electrons. The normalized spacial score (nSPS) is 16.1. The van der Waals surface area contributed by atoms with Crippen molar-refractivity contribution in [2.75, 3.05) is 18.0 Å². The maximum atomic E-state index is 4.55. The smallest absolute Gasteiger partial charge is 0.157 e. The maximum absolute atomic E-state index is 4.55. The third-order valence-electron chi connectivity index (χ3n) is 3.19. The second-order valence-corrected chi connectivity index (χ2v) is 4.33. The van der Waals surface area contributed by atoms with Crippen molar-refractivity contribution in [2.24, 2.45) is 0 Å². The molecule has 0 N–H and O–H groups in total. The molecule has 1 fully saturated rings. The van der Waals surface area contributed by atoms with Gasteiger partial charge >= 0.3 is 0 Å². The molecule has 1 aliphatic heterocycles. The highest BCUT2D eigenvalue weighted by Gasteiger charge is 2.30. The Morgan fingerprint density at radius 2 is 1.83 bits per heavy atom. The Morgan fingerprint density at radius 1 is 1.00 bits per heavy atom. The zero-order valence-electron chi connectivity index (χ0n) is 9.59. The van der Waals surface area contributed by atoms with Crippen LogP contribution >= 0.6 is 0 Å². The van der Waals surface area contributed by atoms with Crippen molar-refractivity contribution in [2.45, 2.75) is 6.04 Å². The number of nitrogens with zero attached hydrogens (tertiary/aromatic N) is 7. The molecule has 4 heterocycles. The molecule has 3 aromatic rings. The van der Waals surface area contributed by atoms with Gasteiger partial charge in [0.25, 0.3) is 0 Å². The Morgan fingerprint density at radius 3 is 2.67 bits per heavy atom. The van der Waals surface area contributed by atoms with E-state index in [0.717, 1.165) is 24.6 Å². The molecule has 18 heavy (non-hydrogen) atoms. The summed E-state index contributed by atoms with van der Waals surface area (Å²) < 4.78 is 1.76. The number of aromatic nitrogens is 6. The molecule has 3 aromatic heterocycles. The molecular weight excluding hydrogens is 230 g/mol. The van der Waals surface area contributed by atoms with Gasteiger partial charge in [0.1, 0.15) is 11.9 Å². The van der Waals surface area contributed by atoms with E-state index in [1.54, 1.807) is 27.9 Å². The molecule has 1 aliphatic rings. The molecule has 0 bridgehead atoms. The maximum Gasteiger partial charge on any atom is 0.157 e. The number of rotatable bonds is 2. The van der Waals surface area contributed by atoms with Gasteiger partial charge in [0, 0.05) is 25.4 Å². The van der Waals surface area contributed by atoms with E-state index in [0.29, 0.717) is 6.04 Å². The molecule has 1 saturated heterocycles. The fraction of sp³-hybridized carbons (Fsp3) is 0.273. The summed E-state index contributed by atoms with van der Waals surface area (Å²) in [5.41, 5.74) is 0.869. The first-order valence-electron chi connectivity index (χ1n) is 5.81. The second-order valence-electron chi connectivity index (χ2n) is 4.33. The zero-order valence-corrected chi connectivity index (χ0v) is 9.59. The summed E-state index contributed by atoms with van der Waals surface area (Å²) in [6.45, 7) is 1.79. The van der Waals surface area contributed by atoms with Gasteiger partial charge in [0.05, 0.1) is 18.6 Å². The minimum Gasteiger partial charge on any atom is -0.352 e. The summed E-state index contributed by atoms with van der Waals surface area (Å²) in [6.07, 6.45) is 7.09. The summed E-state index contributed by atoms with van der Waals surface area (Å²) in [5, 5.41) is 12.4. The molecule has 7 heteroatoms. The lowest BCUT2D eigenvalue weighted by atomic mass is 10.1. The first-order chi connectivity index (χ1) is 8.90. The van der Waals surface area contributed by atoms with E-state index in [9.17, 15) is 0 Å². The van der Waals surface area contributed by atoms with Crippen molar-refractivity contribution in [1.29, 1.82) is 0 Å². The van der Waals surface area contributed by atoms with Gasteiger partial charge in [-0.05, 0) is 6.07 Å². The highest BCUT2D eigenvalue weighted by atomic mass is 15.5. The summed E-state index contributed by atoms with van der Waals surface area (Å²) in [5.74, 6) is 0.978. The third-order valence-corrected chi connectivity index (χ3v) is 3.19. The van der Waals surface area contributed by atoms with Gasteiger partial charge in [0.2, 0.25) is 0 Å². The molecule has 0 aromatic carbocycles. The van der Waals surface area contributed by atoms with E-state index in [2.05, 4.69) is 25.2 Å². The van der Waals surface area contributed by atoms with Crippen molar-refractivity contribution >= 4 is 11.5 Å². The predicted molar refractivity (Wildman–Crippen MR) is 64.3 cm³/mol. The quantitative estimate of drug-likeness (QED) is 0.649. The van der Waals surface area contributed by atoms with Crippen LogP contribution in [0, 0.1) is 0 Å². The number of hydrogen-bond donors (Lipinski definition) is 0. The molecule has 0 amide bonds. The van der Waals surface area contributed by atoms with Gasteiger partial charge in [-0.25, -0.2) is 9.50 Å². The summed E-state index contributed by atoms with van der Waals surface area (Å²) in [4.78, 5) is 8.52. The van der Waals surface area contributed by atoms with Crippen molar-refractivity contribution < 1.29 is 0 Å². The fourth-order valence-corrected chi connectivity index (χ4v) is 2.18. The van der Waals surface area contributed by atoms with Crippen molar-refractivity contribution in [1.82, 2.24) is 29.6 Å². The molecule has 4 rings (SSSR count). The van der Waals surface area contributed by atoms with Crippen molar-refractivity contribution in [3.8, 4) is 0 Å². The van der Waals surface area contributed by atoms with Crippen LogP contribution in [0.1, 0.15) is 6.04 Å². The van der Waals surface area contributed by atoms with Crippen molar-refractivity contribution in [3.05, 3.63) is 36.9 Å². The van der Waals surface area contributed by atoms with Crippen molar-refractivity contribution in [3.63, 3.8) is 0 Å². The van der Waals surface area contributed by atoms with Gasteiger partial charge in [0.15, 0.2) is 5.65 Å². The van der Waals surface area contributed by atoms with E-state index >= 15 is 0 Å². The monoisotopic (exact) mass is 241 g/mol. The molecule has 0 aliphatic carbocycles. The Kier molecular flexibility index (Phi) is 1.88. The molecule has 0 spiro atoms. The minimum absolute atomic E-state index is 0.350. The van der Waals surface area contributed by atoms with Gasteiger partial charge in [-0.1, -0.05) is 0 Å². The average Bonchev–Trinajstić information content (AvgIpc) is 2.96. The average molecular weight is 241 g/mol. The Bertz CT molecular complexity index is 666. The molecule has 0 saturated carbocycles. The standard InChI is InChI=1S/C11H11N7/c1-3-12-17-6-2-10(15-11(1)17)16-7-9(8-16)18-13-4-5-14-18/h1-6,9H,7-8H2. The summed E-state index contributed by atoms with van der Waals surface area (Å²) in [6, 6.07) is 4.23. The number of fused-ring (bicyclic) bond motifs is 1. The van der Waals surface area contributed by atoms with Crippen LogP contribution in [0.15, 0.2) is 36.9 Å². The van der Waals surface area contributed by atoms with Crippen LogP contribution in [0.3, 0.4) is 0 Å². The molecule has 0 unspecified atom stereocenters. The van der Waals surface area contributed by atoms with E-state index in [1.165, 1.54) is 0 Å². The first kappa shape index (κ1) is 9.58. The molecule has 7 nitrogen and oxygen atoms in total. The van der Waals surface area contributed by atoms with Crippen LogP contribution in [0.25, 0.3) is 5.65 Å². The van der Waals surface area contributed by atoms with E-state index < -0.39 is 0 Å². The Balaban J connectivity index is 1.55. The van der Waals surface area contributed by atoms with Crippen LogP contribution in [-0.2, 0) is 0 Å². The minimum atomic E-state index is 0.350. The lowest BCUT2D eigenvalue weighted by Crippen LogP contribution is -2.48. The van der Waals surface area contributed by atoms with Crippen LogP contribution in [0.2, 0.25) is 0 Å². The number of anilines is 1. The van der Waals surface area contributed by atoms with E-state index in [-0.39, 0.29) is 0 Å². The van der Waals surface area contributed by atoms with Crippen LogP contribution in [0.5, 0.6) is 0 Å². The molecule has 0 radical (unpaired) electrons. The van der Waals surface area contributed by atoms with Gasteiger partial charge in [-0.15, -0.1) is 0 Å². The van der Waals surface area contributed by atoms with Gasteiger partial charge < -0.3 is 4.90 Å². The SMILES string of the molecule is c1cnn(C2CN(c3ccn4nccc4n3)C2)n1. The topological polar surface area (TPSA) is 64.1 Å². The summed E-state index contributed by atoms with van der Waals surface area (Å²) in [7, 11) is 0. The zero-order chi connectivity index (χ0) is 11.9. The highest BCUT2D eigenvalue weighted by molar-refractivity contribution is 5.49. The van der Waals surface area contributed by atoms with E-state index in [1.807, 2.05) is 18.3 Å². The highest BCUT2D eigenvalue weighted by Crippen LogP contribution is 2.25.